The lowest BCUT2D eigenvalue weighted by molar-refractivity contribution is -0.143. The summed E-state index contributed by atoms with van der Waals surface area (Å²) in [6.45, 7) is 8.39. The van der Waals surface area contributed by atoms with Gasteiger partial charge in [-0.05, 0) is 51.9 Å². The number of carboxylic acid groups (broad SMARTS) is 2. The number of nitrogens with zero attached hydrogens (tertiary/aromatic N) is 2. The number of rotatable bonds is 2. The van der Waals surface area contributed by atoms with Gasteiger partial charge in [-0.2, -0.15) is 0 Å². The molecule has 8 heteroatoms. The number of likely N-dealkylation sites (tertiary alicyclic amines) is 1. The number of hydrogen-bond donors (Lipinski definition) is 2. The van der Waals surface area contributed by atoms with Gasteiger partial charge in [0.1, 0.15) is 17.7 Å². The van der Waals surface area contributed by atoms with E-state index in [-0.39, 0.29) is 17.5 Å². The molecule has 3 saturated heterocycles. The number of carboxylic acids is 2. The van der Waals surface area contributed by atoms with Crippen molar-refractivity contribution in [3.63, 3.8) is 0 Å². The maximum Gasteiger partial charge on any atom is 0.411 e. The van der Waals surface area contributed by atoms with E-state index in [4.69, 9.17) is 14.9 Å². The molecular formula is C18H28N2O6. The molecule has 6 atom stereocenters. The van der Waals surface area contributed by atoms with E-state index in [9.17, 15) is 14.4 Å². The number of carbonyl (C=O) groups excluding carboxylic acids is 1. The lowest BCUT2D eigenvalue weighted by Gasteiger charge is -2.28. The average Bonchev–Trinajstić information content (AvgIpc) is 3.31. The van der Waals surface area contributed by atoms with Crippen LogP contribution in [0.2, 0.25) is 0 Å². The van der Waals surface area contributed by atoms with Crippen LogP contribution in [-0.2, 0) is 14.3 Å². The van der Waals surface area contributed by atoms with Crippen LogP contribution in [0, 0.1) is 5.41 Å². The van der Waals surface area contributed by atoms with Crippen LogP contribution in [0.3, 0.4) is 0 Å². The van der Waals surface area contributed by atoms with Crippen LogP contribution in [0.4, 0.5) is 4.79 Å². The highest BCUT2D eigenvalue weighted by molar-refractivity contribution is 5.82. The highest BCUT2D eigenvalue weighted by Gasteiger charge is 2.65. The monoisotopic (exact) mass is 368 g/mol. The van der Waals surface area contributed by atoms with Gasteiger partial charge >= 0.3 is 18.0 Å². The van der Waals surface area contributed by atoms with Crippen molar-refractivity contribution in [3.05, 3.63) is 0 Å². The zero-order chi connectivity index (χ0) is 19.4. The Bertz CT molecular complexity index is 630. The molecule has 1 amide bonds. The zero-order valence-electron chi connectivity index (χ0n) is 15.8. The van der Waals surface area contributed by atoms with Crippen LogP contribution in [0.25, 0.3) is 0 Å². The van der Waals surface area contributed by atoms with Gasteiger partial charge in [-0.1, -0.05) is 6.92 Å². The van der Waals surface area contributed by atoms with Gasteiger partial charge in [0, 0.05) is 18.6 Å². The number of amides is 1. The van der Waals surface area contributed by atoms with E-state index in [1.165, 1.54) is 4.90 Å². The molecule has 0 radical (unpaired) electrons. The predicted molar refractivity (Wildman–Crippen MR) is 91.8 cm³/mol. The Balaban J connectivity index is 0.000000181. The molecule has 3 heterocycles. The summed E-state index contributed by atoms with van der Waals surface area (Å²) in [5, 5.41) is 17.7. The molecule has 2 N–H and O–H groups in total. The summed E-state index contributed by atoms with van der Waals surface area (Å²) in [4.78, 5) is 37.0. The van der Waals surface area contributed by atoms with Crippen LogP contribution in [0.1, 0.15) is 53.4 Å². The van der Waals surface area contributed by atoms with Crippen molar-refractivity contribution in [2.75, 3.05) is 6.54 Å². The van der Waals surface area contributed by atoms with Gasteiger partial charge < -0.3 is 14.9 Å². The number of carbonyl (C=O) groups is 3. The minimum atomic E-state index is -0.940. The Hall–Kier alpha value is -1.83. The molecule has 4 rings (SSSR count). The molecule has 0 bridgehead atoms. The molecule has 1 saturated carbocycles. The second kappa shape index (κ2) is 6.11. The van der Waals surface area contributed by atoms with Crippen molar-refractivity contribution in [1.29, 1.82) is 0 Å². The SMILES string of the molecule is CC(C)(C)OC(=O)N1[C@H](C(=O)O)C[C@@]2(C)C[C@@H]12.O=C(O)C1CCC2CN21. The maximum atomic E-state index is 12.0. The molecule has 0 aromatic carbocycles. The third-order valence-corrected chi connectivity index (χ3v) is 5.74. The van der Waals surface area contributed by atoms with Crippen LogP contribution in [0.15, 0.2) is 0 Å². The van der Waals surface area contributed by atoms with Gasteiger partial charge in [0.25, 0.3) is 0 Å². The molecule has 8 nitrogen and oxygen atoms in total. The summed E-state index contributed by atoms with van der Waals surface area (Å²) in [5.74, 6) is -1.58. The normalized spacial score (nSPS) is 39.2. The van der Waals surface area contributed by atoms with E-state index >= 15 is 0 Å². The van der Waals surface area contributed by atoms with Crippen molar-refractivity contribution in [2.24, 2.45) is 5.41 Å². The number of ether oxygens (including phenoxy) is 1. The Kier molecular flexibility index (Phi) is 4.45. The quantitative estimate of drug-likeness (QED) is 0.715. The molecular weight excluding hydrogens is 340 g/mol. The van der Waals surface area contributed by atoms with Crippen LogP contribution in [0.5, 0.6) is 0 Å². The summed E-state index contributed by atoms with van der Waals surface area (Å²) in [5.41, 5.74) is -0.603. The lowest BCUT2D eigenvalue weighted by atomic mass is 10.0. The van der Waals surface area contributed by atoms with E-state index in [0.29, 0.717) is 12.5 Å². The van der Waals surface area contributed by atoms with Crippen LogP contribution in [-0.4, -0.2) is 74.4 Å². The Morgan fingerprint density at radius 3 is 2.04 bits per heavy atom. The standard InChI is InChI=1S/C12H19NO4.C6H9NO2/c1-11(2,3)17-10(16)13-7(9(14)15)5-12(4)6-8(12)13;8-6(9)5-2-1-4-3-7(4)5/h7-8H,5-6H2,1-4H3,(H,14,15);4-5H,1-3H2,(H,8,9)/t7-,8+,12-;/m0./s1. The molecule has 0 aromatic rings. The highest BCUT2D eigenvalue weighted by atomic mass is 16.6. The van der Waals surface area contributed by atoms with Crippen molar-refractivity contribution in [1.82, 2.24) is 9.80 Å². The second-order valence-corrected chi connectivity index (χ2v) is 9.10. The van der Waals surface area contributed by atoms with Crippen LogP contribution < -0.4 is 0 Å². The molecule has 0 spiro atoms. The summed E-state index contributed by atoms with van der Waals surface area (Å²) < 4.78 is 5.27. The first-order chi connectivity index (χ1) is 11.9. The molecule has 3 aliphatic heterocycles. The first kappa shape index (κ1) is 18.9. The van der Waals surface area contributed by atoms with E-state index in [0.717, 1.165) is 25.8 Å². The van der Waals surface area contributed by atoms with Crippen molar-refractivity contribution in [3.8, 4) is 0 Å². The minimum absolute atomic E-state index is 0.0139. The van der Waals surface area contributed by atoms with Crippen LogP contribution >= 0.6 is 0 Å². The molecule has 3 unspecified atom stereocenters. The largest absolute Gasteiger partial charge is 0.480 e. The summed E-state index contributed by atoms with van der Waals surface area (Å²) >= 11 is 0. The third kappa shape index (κ3) is 3.65. The van der Waals surface area contributed by atoms with E-state index < -0.39 is 29.7 Å². The fraction of sp³-hybridized carbons (Fsp3) is 0.833. The van der Waals surface area contributed by atoms with Gasteiger partial charge in [-0.25, -0.2) is 9.59 Å². The second-order valence-electron chi connectivity index (χ2n) is 9.10. The maximum absolute atomic E-state index is 12.0. The Morgan fingerprint density at radius 1 is 1.04 bits per heavy atom. The zero-order valence-corrected chi connectivity index (χ0v) is 15.8. The molecule has 26 heavy (non-hydrogen) atoms. The lowest BCUT2D eigenvalue weighted by Crippen LogP contribution is -2.45. The fourth-order valence-corrected chi connectivity index (χ4v) is 4.19. The number of aliphatic carboxylic acids is 2. The third-order valence-electron chi connectivity index (χ3n) is 5.74. The summed E-state index contributed by atoms with van der Waals surface area (Å²) in [6, 6.07) is -0.201. The first-order valence-electron chi connectivity index (χ1n) is 9.15. The first-order valence-corrected chi connectivity index (χ1v) is 9.15. The molecule has 4 aliphatic rings. The predicted octanol–water partition coefficient (Wildman–Crippen LogP) is 1.78. The number of hydrogen-bond acceptors (Lipinski definition) is 5. The van der Waals surface area contributed by atoms with Crippen molar-refractivity contribution < 1.29 is 29.3 Å². The van der Waals surface area contributed by atoms with Gasteiger partial charge in [-0.3, -0.25) is 14.6 Å². The van der Waals surface area contributed by atoms with Crippen molar-refractivity contribution >= 4 is 18.0 Å². The smallest absolute Gasteiger partial charge is 0.411 e. The molecule has 0 aromatic heterocycles. The van der Waals surface area contributed by atoms with Gasteiger partial charge in [0.15, 0.2) is 0 Å². The Morgan fingerprint density at radius 2 is 1.65 bits per heavy atom. The Labute approximate surface area is 153 Å². The minimum Gasteiger partial charge on any atom is -0.480 e. The number of fused-ring (bicyclic) bond motifs is 2. The molecule has 146 valence electrons. The van der Waals surface area contributed by atoms with E-state index in [1.54, 1.807) is 20.8 Å². The van der Waals surface area contributed by atoms with E-state index in [2.05, 4.69) is 0 Å². The molecule has 4 fully saturated rings. The van der Waals surface area contributed by atoms with Gasteiger partial charge in [0.2, 0.25) is 0 Å². The van der Waals surface area contributed by atoms with Gasteiger partial charge in [-0.15, -0.1) is 0 Å². The average molecular weight is 368 g/mol. The van der Waals surface area contributed by atoms with E-state index in [1.807, 2.05) is 11.8 Å². The summed E-state index contributed by atoms with van der Waals surface area (Å²) in [6.07, 6.45) is 2.87. The van der Waals surface area contributed by atoms with Crippen molar-refractivity contribution in [2.45, 2.75) is 83.1 Å². The molecule has 1 aliphatic carbocycles. The highest BCUT2D eigenvalue weighted by Crippen LogP contribution is 2.59. The fourth-order valence-electron chi connectivity index (χ4n) is 4.19. The summed E-state index contributed by atoms with van der Waals surface area (Å²) in [7, 11) is 0. The number of piperidine rings is 2. The topological polar surface area (TPSA) is 107 Å². The van der Waals surface area contributed by atoms with Gasteiger partial charge in [0.05, 0.1) is 0 Å².